The maximum atomic E-state index is 14.7. The summed E-state index contributed by atoms with van der Waals surface area (Å²) in [7, 11) is -3.23. The molecule has 3 atom stereocenters. The van der Waals surface area contributed by atoms with Gasteiger partial charge in [-0.15, -0.1) is 0 Å². The lowest BCUT2D eigenvalue weighted by atomic mass is 9.94. The molecule has 2 amide bonds. The van der Waals surface area contributed by atoms with Gasteiger partial charge in [0.25, 0.3) is 10.0 Å². The van der Waals surface area contributed by atoms with Gasteiger partial charge in [0.1, 0.15) is 31.0 Å². The van der Waals surface area contributed by atoms with Crippen molar-refractivity contribution < 1.29 is 41.7 Å². The van der Waals surface area contributed by atoms with Gasteiger partial charge in [0.2, 0.25) is 11.8 Å². The van der Waals surface area contributed by atoms with Crippen LogP contribution in [-0.4, -0.2) is 61.3 Å². The summed E-state index contributed by atoms with van der Waals surface area (Å²) in [5.74, 6) is -0.373. The van der Waals surface area contributed by atoms with Crippen LogP contribution in [0.25, 0.3) is 11.1 Å². The number of esters is 1. The number of aromatic nitrogens is 1. The number of rotatable bonds is 13. The van der Waals surface area contributed by atoms with Crippen LogP contribution in [0.5, 0.6) is 17.2 Å². The number of carbonyl (C=O) groups excluding carboxylic acids is 3. The van der Waals surface area contributed by atoms with E-state index in [-0.39, 0.29) is 41.0 Å². The van der Waals surface area contributed by atoms with Crippen molar-refractivity contribution in [2.45, 2.75) is 62.2 Å². The molecule has 65 heavy (non-hydrogen) atoms. The zero-order valence-electron chi connectivity index (χ0n) is 35.1. The first kappa shape index (κ1) is 45.9. The van der Waals surface area contributed by atoms with Crippen LogP contribution in [0.15, 0.2) is 107 Å². The minimum Gasteiger partial charge on any atom is -0.489 e. The molecule has 0 radical (unpaired) electrons. The van der Waals surface area contributed by atoms with Crippen LogP contribution in [0.3, 0.4) is 0 Å². The van der Waals surface area contributed by atoms with E-state index in [2.05, 4.69) is 15.6 Å². The van der Waals surface area contributed by atoms with Crippen LogP contribution in [0.2, 0.25) is 15.1 Å². The van der Waals surface area contributed by atoms with Crippen molar-refractivity contribution in [2.75, 3.05) is 19.0 Å². The maximum Gasteiger partial charge on any atom is 0.328 e. The molecule has 5 aromatic carbocycles. The van der Waals surface area contributed by atoms with E-state index in [1.165, 1.54) is 21.0 Å². The molecule has 336 valence electrons. The lowest BCUT2D eigenvalue weighted by molar-refractivity contribution is -0.145. The van der Waals surface area contributed by atoms with Gasteiger partial charge in [-0.1, -0.05) is 101 Å². The summed E-state index contributed by atoms with van der Waals surface area (Å²) in [5.41, 5.74) is 5.68. The Balaban J connectivity index is 1.04. The third kappa shape index (κ3) is 10.4. The Hall–Kier alpha value is -5.68. The van der Waals surface area contributed by atoms with E-state index < -0.39 is 46.0 Å². The van der Waals surface area contributed by atoms with Crippen molar-refractivity contribution in [3.63, 3.8) is 0 Å². The molecule has 18 heteroatoms. The fraction of sp³-hybridized carbons (Fsp3) is 0.234. The van der Waals surface area contributed by atoms with Gasteiger partial charge in [-0.25, -0.2) is 18.2 Å². The standard InChI is InChI=1S/C47H41Cl3N4O9S2/c1-26-46(64-47(51-26)52-27(2)55)65(58,59)54-23-34-22-42-41(62-25-43(63-42)32-11-15-36(16-12-32)61-24-29-6-17-37(49)38(50)18-29)21-33(34)20-40(54)44(56)53-39(45(57)60-3)19-28-4-7-30(8-5-28)31-9-13-35(48)14-10-31/h4-18,21-22,39-40,43H,19-20,23-25H2,1-3H3,(H,53,56)(H,51,52,55). The van der Waals surface area contributed by atoms with Gasteiger partial charge < -0.3 is 29.6 Å². The number of aryl methyl sites for hydroxylation is 1. The quantitative estimate of drug-likeness (QED) is 0.107. The number of halogens is 3. The molecular weight excluding hydrogens is 935 g/mol. The summed E-state index contributed by atoms with van der Waals surface area (Å²) in [6.07, 6.45) is -0.496. The van der Waals surface area contributed by atoms with Gasteiger partial charge in [0.05, 0.1) is 22.8 Å². The molecule has 0 aliphatic carbocycles. The molecule has 3 unspecified atom stereocenters. The van der Waals surface area contributed by atoms with Crippen LogP contribution < -0.4 is 24.8 Å². The van der Waals surface area contributed by atoms with Gasteiger partial charge in [-0.3, -0.25) is 9.59 Å². The van der Waals surface area contributed by atoms with E-state index in [0.29, 0.717) is 50.1 Å². The van der Waals surface area contributed by atoms with Gasteiger partial charge in [0, 0.05) is 24.9 Å². The van der Waals surface area contributed by atoms with E-state index in [9.17, 15) is 22.8 Å². The number of methoxy groups -OCH3 is 1. The topological polar surface area (TPSA) is 162 Å². The molecule has 3 heterocycles. The van der Waals surface area contributed by atoms with E-state index in [1.807, 2.05) is 66.7 Å². The fourth-order valence-corrected chi connectivity index (χ4v) is 11.2. The van der Waals surface area contributed by atoms with Crippen molar-refractivity contribution in [3.8, 4) is 28.4 Å². The van der Waals surface area contributed by atoms with Crippen molar-refractivity contribution in [3.05, 3.63) is 152 Å². The van der Waals surface area contributed by atoms with Crippen LogP contribution in [0, 0.1) is 6.92 Å². The van der Waals surface area contributed by atoms with Crippen LogP contribution in [0.1, 0.15) is 46.5 Å². The Morgan fingerprint density at radius 1 is 0.877 bits per heavy atom. The summed E-state index contributed by atoms with van der Waals surface area (Å²) in [6, 6.07) is 28.6. The highest BCUT2D eigenvalue weighted by atomic mass is 35.5. The molecule has 2 aliphatic heterocycles. The van der Waals surface area contributed by atoms with Crippen molar-refractivity contribution in [1.82, 2.24) is 14.6 Å². The predicted molar refractivity (Wildman–Crippen MR) is 248 cm³/mol. The number of ether oxygens (including phenoxy) is 4. The summed E-state index contributed by atoms with van der Waals surface area (Å²) < 4.78 is 54.1. The normalized spacial score (nSPS) is 16.2. The molecular formula is C47H41Cl3N4O9S2. The second-order valence-corrected chi connectivity index (χ2v) is 19.8. The van der Waals surface area contributed by atoms with E-state index in [0.717, 1.165) is 43.5 Å². The second-order valence-electron chi connectivity index (χ2n) is 15.4. The Morgan fingerprint density at radius 3 is 2.23 bits per heavy atom. The molecule has 2 aliphatic rings. The monoisotopic (exact) mass is 974 g/mol. The first-order valence-corrected chi connectivity index (χ1v) is 23.7. The molecule has 0 bridgehead atoms. The Kier molecular flexibility index (Phi) is 13.7. The lowest BCUT2D eigenvalue weighted by Crippen LogP contribution is -2.56. The Morgan fingerprint density at radius 2 is 1.55 bits per heavy atom. The minimum atomic E-state index is -4.45. The number of benzene rings is 5. The molecule has 1 aromatic heterocycles. The number of nitrogens with zero attached hydrogens (tertiary/aromatic N) is 2. The van der Waals surface area contributed by atoms with Crippen molar-refractivity contribution in [1.29, 1.82) is 0 Å². The van der Waals surface area contributed by atoms with E-state index >= 15 is 0 Å². The third-order valence-electron chi connectivity index (χ3n) is 10.9. The lowest BCUT2D eigenvalue weighted by Gasteiger charge is -2.36. The molecule has 13 nitrogen and oxygen atoms in total. The Bertz CT molecular complexity index is 2880. The highest BCUT2D eigenvalue weighted by Crippen LogP contribution is 2.43. The van der Waals surface area contributed by atoms with Gasteiger partial charge in [-0.2, -0.15) is 4.31 Å². The number of fused-ring (bicyclic) bond motifs is 2. The van der Waals surface area contributed by atoms with Gasteiger partial charge in [0.15, 0.2) is 26.9 Å². The largest absolute Gasteiger partial charge is 0.489 e. The Labute approximate surface area is 394 Å². The summed E-state index contributed by atoms with van der Waals surface area (Å²) in [6.45, 7) is 3.05. The first-order chi connectivity index (χ1) is 31.1. The number of thiazole rings is 1. The number of nitrogens with one attached hydrogen (secondary N) is 2. The summed E-state index contributed by atoms with van der Waals surface area (Å²) in [5, 5.41) is 6.97. The van der Waals surface area contributed by atoms with Crippen molar-refractivity contribution in [2.24, 2.45) is 0 Å². The highest BCUT2D eigenvalue weighted by molar-refractivity contribution is 7.91. The second kappa shape index (κ2) is 19.4. The average Bonchev–Trinajstić information content (AvgIpc) is 3.67. The number of hydrogen-bond donors (Lipinski definition) is 2. The smallest absolute Gasteiger partial charge is 0.328 e. The molecule has 2 N–H and O–H groups in total. The molecule has 0 spiro atoms. The van der Waals surface area contributed by atoms with Gasteiger partial charge in [-0.05, 0) is 101 Å². The fourth-order valence-electron chi connectivity index (χ4n) is 7.59. The maximum absolute atomic E-state index is 14.7. The minimum absolute atomic E-state index is 0.0652. The van der Waals surface area contributed by atoms with Crippen LogP contribution in [-0.2, 0) is 55.1 Å². The zero-order chi connectivity index (χ0) is 46.0. The number of amides is 2. The van der Waals surface area contributed by atoms with E-state index in [1.54, 1.807) is 36.4 Å². The van der Waals surface area contributed by atoms with Crippen molar-refractivity contribution >= 4 is 79.1 Å². The van der Waals surface area contributed by atoms with Crippen LogP contribution in [0.4, 0.5) is 5.13 Å². The molecule has 0 saturated carbocycles. The number of sulfonamides is 1. The average molecular weight is 976 g/mol. The number of hydrogen-bond acceptors (Lipinski definition) is 11. The predicted octanol–water partition coefficient (Wildman–Crippen LogP) is 9.14. The first-order valence-electron chi connectivity index (χ1n) is 20.3. The highest BCUT2D eigenvalue weighted by Gasteiger charge is 2.43. The number of anilines is 1. The molecule has 0 saturated heterocycles. The van der Waals surface area contributed by atoms with E-state index in [4.69, 9.17) is 53.8 Å². The molecule has 8 rings (SSSR count). The SMILES string of the molecule is COC(=O)C(Cc1ccc(-c2ccc(Cl)cc2)cc1)NC(=O)C1Cc2cc3c(cc2CN1S(=O)(=O)c1sc(NC(C)=O)nc1C)OC(c1ccc(OCc2ccc(Cl)c(Cl)c2)cc1)CO3. The summed E-state index contributed by atoms with van der Waals surface area (Å²) in [4.78, 5) is 43.9. The number of carbonyl (C=O) groups is 3. The third-order valence-corrected chi connectivity index (χ3v) is 15.4. The summed E-state index contributed by atoms with van der Waals surface area (Å²) >= 11 is 19.0. The van der Waals surface area contributed by atoms with Gasteiger partial charge >= 0.3 is 5.97 Å². The molecule has 0 fully saturated rings. The van der Waals surface area contributed by atoms with Crippen LogP contribution >= 0.6 is 46.1 Å². The molecule has 6 aromatic rings. The zero-order valence-corrected chi connectivity index (χ0v) is 39.0.